The number of guanidine groups is 1. The lowest BCUT2D eigenvalue weighted by molar-refractivity contribution is -0.109. The Balaban J connectivity index is 1.78. The van der Waals surface area contributed by atoms with Crippen LogP contribution in [0.15, 0.2) is 93.9 Å². The van der Waals surface area contributed by atoms with E-state index in [-0.39, 0.29) is 22.7 Å². The van der Waals surface area contributed by atoms with E-state index in [0.717, 1.165) is 16.8 Å². The van der Waals surface area contributed by atoms with Crippen LogP contribution in [0.5, 0.6) is 0 Å². The van der Waals surface area contributed by atoms with Crippen molar-refractivity contribution < 1.29 is 13.2 Å². The quantitative estimate of drug-likeness (QED) is 0.241. The number of halogens is 2. The van der Waals surface area contributed by atoms with E-state index in [0.29, 0.717) is 22.9 Å². The summed E-state index contributed by atoms with van der Waals surface area (Å²) in [6.07, 6.45) is 0.704. The second kappa shape index (κ2) is 11.5. The molecule has 7 nitrogen and oxygen atoms in total. The number of carbonyl (C=O) groups excluding carboxylic acids is 1. The molecule has 1 N–H and O–H groups in total. The van der Waals surface area contributed by atoms with Crippen molar-refractivity contribution in [3.8, 4) is 0 Å². The van der Waals surface area contributed by atoms with Crippen LogP contribution >= 0.6 is 23.2 Å². The van der Waals surface area contributed by atoms with Gasteiger partial charge in [0.1, 0.15) is 12.3 Å². The molecule has 0 radical (unpaired) electrons. The third-order valence-electron chi connectivity index (χ3n) is 5.94. The molecule has 0 spiro atoms. The van der Waals surface area contributed by atoms with Crippen LogP contribution in [0.2, 0.25) is 10.0 Å². The smallest absolute Gasteiger partial charge is 0.264 e. The van der Waals surface area contributed by atoms with Crippen LogP contribution in [-0.2, 0) is 14.8 Å². The molecule has 1 aliphatic rings. The number of nitrogens with zero attached hydrogens (tertiary/aromatic N) is 3. The Morgan fingerprint density at radius 3 is 2.16 bits per heavy atom. The Morgan fingerprint density at radius 2 is 1.59 bits per heavy atom. The predicted molar refractivity (Wildman–Crippen MR) is 148 cm³/mol. The maximum Gasteiger partial charge on any atom is 0.264 e. The molecule has 10 heteroatoms. The number of aldehydes is 1. The summed E-state index contributed by atoms with van der Waals surface area (Å²) in [4.78, 5) is 16.3. The van der Waals surface area contributed by atoms with Gasteiger partial charge in [-0.1, -0.05) is 79.5 Å². The number of hydrogen-bond donors (Lipinski definition) is 1. The summed E-state index contributed by atoms with van der Waals surface area (Å²) in [6.45, 7) is 3.99. The second-order valence-corrected chi connectivity index (χ2v) is 11.5. The number of benzene rings is 3. The van der Waals surface area contributed by atoms with Crippen molar-refractivity contribution in [2.75, 3.05) is 6.54 Å². The predicted octanol–water partition coefficient (Wildman–Crippen LogP) is 5.35. The normalized spacial score (nSPS) is 17.0. The highest BCUT2D eigenvalue weighted by Crippen LogP contribution is 2.30. The number of hydrogen-bond acceptors (Lipinski definition) is 5. The molecular formula is C27H26Cl2N4O3S. The van der Waals surface area contributed by atoms with Crippen LogP contribution in [0.1, 0.15) is 30.9 Å². The summed E-state index contributed by atoms with van der Waals surface area (Å²) in [5.74, 6) is -0.369. The minimum Gasteiger partial charge on any atom is -0.301 e. The van der Waals surface area contributed by atoms with Gasteiger partial charge >= 0.3 is 0 Å². The highest BCUT2D eigenvalue weighted by molar-refractivity contribution is 7.90. The first-order valence-electron chi connectivity index (χ1n) is 11.7. The molecular weight excluding hydrogens is 531 g/mol. The molecule has 0 aromatic heterocycles. The minimum atomic E-state index is -4.05. The number of rotatable bonds is 7. The zero-order valence-corrected chi connectivity index (χ0v) is 22.6. The average Bonchev–Trinajstić information content (AvgIpc) is 3.33. The van der Waals surface area contributed by atoms with Gasteiger partial charge in [-0.25, -0.2) is 23.1 Å². The van der Waals surface area contributed by atoms with Crippen LogP contribution in [0.3, 0.4) is 0 Å². The fraction of sp³-hybridized carbons (Fsp3) is 0.222. The Kier molecular flexibility index (Phi) is 8.32. The van der Waals surface area contributed by atoms with Gasteiger partial charge in [-0.15, -0.1) is 0 Å². The van der Waals surface area contributed by atoms with E-state index in [1.54, 1.807) is 12.1 Å². The number of aliphatic imine (C=N–C) groups is 1. The molecule has 1 heterocycles. The number of nitrogens with one attached hydrogen (secondary N) is 1. The molecule has 0 bridgehead atoms. The maximum absolute atomic E-state index is 13.3. The van der Waals surface area contributed by atoms with Crippen molar-refractivity contribution in [3.63, 3.8) is 0 Å². The van der Waals surface area contributed by atoms with Gasteiger partial charge in [0, 0.05) is 16.0 Å². The highest BCUT2D eigenvalue weighted by atomic mass is 35.5. The molecule has 0 aliphatic carbocycles. The Bertz CT molecular complexity index is 1410. The van der Waals surface area contributed by atoms with Crippen LogP contribution in [0.25, 0.3) is 0 Å². The van der Waals surface area contributed by atoms with Gasteiger partial charge in [-0.05, 0) is 53.4 Å². The minimum absolute atomic E-state index is 0.0116. The van der Waals surface area contributed by atoms with Gasteiger partial charge < -0.3 is 4.79 Å². The Morgan fingerprint density at radius 1 is 1.00 bits per heavy atom. The van der Waals surface area contributed by atoms with Crippen molar-refractivity contribution in [2.45, 2.75) is 30.7 Å². The summed E-state index contributed by atoms with van der Waals surface area (Å²) in [6, 6.07) is 22.1. The van der Waals surface area contributed by atoms with E-state index < -0.39 is 16.1 Å². The maximum atomic E-state index is 13.3. The zero-order valence-electron chi connectivity index (χ0n) is 20.3. The third-order valence-corrected chi connectivity index (χ3v) is 7.79. The topological polar surface area (TPSA) is 91.2 Å². The second-order valence-electron chi connectivity index (χ2n) is 8.92. The monoisotopic (exact) mass is 556 g/mol. The van der Waals surface area contributed by atoms with Gasteiger partial charge in [-0.2, -0.15) is 5.10 Å². The first kappa shape index (κ1) is 26.9. The average molecular weight is 558 g/mol. The van der Waals surface area contributed by atoms with Crippen LogP contribution in [0, 0.1) is 5.92 Å². The Hall–Kier alpha value is -3.20. The van der Waals surface area contributed by atoms with E-state index in [9.17, 15) is 13.2 Å². The van der Waals surface area contributed by atoms with E-state index in [1.165, 1.54) is 29.3 Å². The van der Waals surface area contributed by atoms with Crippen molar-refractivity contribution in [1.29, 1.82) is 0 Å². The van der Waals surface area contributed by atoms with E-state index >= 15 is 0 Å². The SMILES string of the molecule is CC(C)C(C=O)N=C(NS(=O)(=O)c1ccc(Cl)cc1)N1CC(c2ccccc2)C(c2ccc(Cl)cc2)=N1. The van der Waals surface area contributed by atoms with Gasteiger partial charge in [0.25, 0.3) is 10.0 Å². The number of carbonyl (C=O) groups is 1. The van der Waals surface area contributed by atoms with Gasteiger partial charge in [0.2, 0.25) is 5.96 Å². The van der Waals surface area contributed by atoms with Crippen LogP contribution in [-0.4, -0.2) is 44.0 Å². The fourth-order valence-corrected chi connectivity index (χ4v) is 5.14. The molecule has 0 saturated carbocycles. The summed E-state index contributed by atoms with van der Waals surface area (Å²) >= 11 is 12.0. The Labute approximate surface area is 226 Å². The molecule has 1 aliphatic heterocycles. The number of sulfonamides is 1. The highest BCUT2D eigenvalue weighted by Gasteiger charge is 2.33. The molecule has 0 saturated heterocycles. The van der Waals surface area contributed by atoms with E-state index in [2.05, 4.69) is 9.71 Å². The fourth-order valence-electron chi connectivity index (χ4n) is 3.88. The van der Waals surface area contributed by atoms with Crippen LogP contribution in [0.4, 0.5) is 0 Å². The van der Waals surface area contributed by atoms with Gasteiger partial charge in [0.15, 0.2) is 0 Å². The molecule has 0 fully saturated rings. The lowest BCUT2D eigenvalue weighted by atomic mass is 9.91. The molecule has 0 amide bonds. The van der Waals surface area contributed by atoms with Crippen molar-refractivity contribution in [3.05, 3.63) is 100 Å². The summed E-state index contributed by atoms with van der Waals surface area (Å²) < 4.78 is 29.1. The molecule has 37 heavy (non-hydrogen) atoms. The molecule has 3 aromatic carbocycles. The van der Waals surface area contributed by atoms with Gasteiger partial charge in [-0.3, -0.25) is 0 Å². The first-order chi connectivity index (χ1) is 17.7. The molecule has 192 valence electrons. The molecule has 4 rings (SSSR count). The summed E-state index contributed by atoms with van der Waals surface area (Å²) in [5.41, 5.74) is 2.58. The third kappa shape index (κ3) is 6.39. The summed E-state index contributed by atoms with van der Waals surface area (Å²) in [7, 11) is -4.05. The lowest BCUT2D eigenvalue weighted by Gasteiger charge is -2.22. The lowest BCUT2D eigenvalue weighted by Crippen LogP contribution is -2.42. The van der Waals surface area contributed by atoms with Crippen molar-refractivity contribution in [2.24, 2.45) is 16.0 Å². The van der Waals surface area contributed by atoms with Gasteiger partial charge in [0.05, 0.1) is 17.2 Å². The van der Waals surface area contributed by atoms with Crippen molar-refractivity contribution >= 4 is 51.2 Å². The van der Waals surface area contributed by atoms with E-state index in [4.69, 9.17) is 28.3 Å². The standard InChI is InChI=1S/C27H26Cl2N4O3S/c1-18(2)25(17-34)30-27(32-37(35,36)23-14-12-22(29)13-15-23)33-16-24(19-6-4-3-5-7-19)26(31-33)20-8-10-21(28)11-9-20/h3-15,17-18,24-25H,16H2,1-2H3,(H,30,32). The zero-order chi connectivity index (χ0) is 26.6. The van der Waals surface area contributed by atoms with Crippen LogP contribution < -0.4 is 4.72 Å². The molecule has 2 unspecified atom stereocenters. The van der Waals surface area contributed by atoms with Crippen molar-refractivity contribution in [1.82, 2.24) is 9.73 Å². The number of hydrazone groups is 1. The largest absolute Gasteiger partial charge is 0.301 e. The van der Waals surface area contributed by atoms with E-state index in [1.807, 2.05) is 56.3 Å². The molecule has 3 aromatic rings. The first-order valence-corrected chi connectivity index (χ1v) is 13.9. The summed E-state index contributed by atoms with van der Waals surface area (Å²) in [5, 5.41) is 7.31. The molecule has 2 atom stereocenters.